The van der Waals surface area contributed by atoms with Gasteiger partial charge in [-0.2, -0.15) is 0 Å². The summed E-state index contributed by atoms with van der Waals surface area (Å²) in [5.41, 5.74) is 1.07. The third-order valence-corrected chi connectivity index (χ3v) is 5.18. The summed E-state index contributed by atoms with van der Waals surface area (Å²) in [5, 5.41) is 3.60. The number of hydrogen-bond acceptors (Lipinski definition) is 7. The molecule has 0 aliphatic heterocycles. The second-order valence-corrected chi connectivity index (χ2v) is 7.26. The lowest BCUT2D eigenvalue weighted by molar-refractivity contribution is -0.129. The van der Waals surface area contributed by atoms with Crippen molar-refractivity contribution >= 4 is 23.6 Å². The fourth-order valence-corrected chi connectivity index (χ4v) is 3.31. The lowest BCUT2D eigenvalue weighted by Crippen LogP contribution is -2.36. The lowest BCUT2D eigenvalue weighted by atomic mass is 10.2. The third kappa shape index (κ3) is 5.95. The monoisotopic (exact) mass is 414 g/mol. The van der Waals surface area contributed by atoms with Crippen LogP contribution in [-0.4, -0.2) is 39.1 Å². The van der Waals surface area contributed by atoms with Crippen molar-refractivity contribution in [2.75, 3.05) is 6.54 Å². The molecule has 1 N–H and O–H groups in total. The van der Waals surface area contributed by atoms with Gasteiger partial charge in [-0.25, -0.2) is 9.78 Å². The van der Waals surface area contributed by atoms with Crippen LogP contribution in [0.25, 0.3) is 0 Å². The Morgan fingerprint density at radius 3 is 2.76 bits per heavy atom. The highest BCUT2D eigenvalue weighted by Crippen LogP contribution is 2.22. The molecule has 3 aromatic rings. The van der Waals surface area contributed by atoms with Crippen molar-refractivity contribution in [2.45, 2.75) is 30.4 Å². The number of aryl methyl sites for hydroxylation is 1. The largest absolute Gasteiger partial charge is 0.453 e. The molecule has 0 bridgehead atoms. The topological polar surface area (TPSA) is 99.2 Å². The van der Waals surface area contributed by atoms with Crippen LogP contribution in [0.5, 0.6) is 0 Å². The number of thioether (sulfide) groups is 1. The number of pyridine rings is 1. The summed E-state index contributed by atoms with van der Waals surface area (Å²) in [5.74, 6) is 0.194. The van der Waals surface area contributed by atoms with E-state index >= 15 is 0 Å². The van der Waals surface area contributed by atoms with E-state index in [0.29, 0.717) is 24.5 Å². The van der Waals surface area contributed by atoms with Crippen molar-refractivity contribution in [3.63, 3.8) is 0 Å². The van der Waals surface area contributed by atoms with Crippen LogP contribution in [-0.2, 0) is 28.8 Å². The Balaban J connectivity index is 1.43. The predicted molar refractivity (Wildman–Crippen MR) is 107 cm³/mol. The molecule has 8 nitrogen and oxygen atoms in total. The molecule has 0 saturated carbocycles. The third-order valence-electron chi connectivity index (χ3n) is 4.10. The minimum atomic E-state index is -0.921. The number of carbonyl (C=O) groups is 2. The molecule has 0 aliphatic carbocycles. The van der Waals surface area contributed by atoms with E-state index in [1.807, 2.05) is 29.9 Å². The van der Waals surface area contributed by atoms with Crippen molar-refractivity contribution in [3.8, 4) is 0 Å². The SMILES string of the molecule is C[C@@H](OC(=O)c1ccc(CSc2nccn2C)o1)C(=O)NCCc1ccncc1. The summed E-state index contributed by atoms with van der Waals surface area (Å²) in [6.07, 6.45) is 6.73. The van der Waals surface area contributed by atoms with Gasteiger partial charge in [-0.3, -0.25) is 9.78 Å². The number of nitrogens with zero attached hydrogens (tertiary/aromatic N) is 3. The molecular weight excluding hydrogens is 392 g/mol. The van der Waals surface area contributed by atoms with Gasteiger partial charge in [0.1, 0.15) is 5.76 Å². The molecule has 3 aromatic heterocycles. The molecule has 0 aliphatic rings. The van der Waals surface area contributed by atoms with E-state index in [4.69, 9.17) is 9.15 Å². The molecule has 0 radical (unpaired) electrons. The van der Waals surface area contributed by atoms with Gasteiger partial charge in [0.05, 0.1) is 5.75 Å². The number of hydrogen-bond donors (Lipinski definition) is 1. The molecule has 3 rings (SSSR count). The van der Waals surface area contributed by atoms with Gasteiger partial charge in [0.2, 0.25) is 5.76 Å². The minimum Gasteiger partial charge on any atom is -0.453 e. The molecule has 152 valence electrons. The normalized spacial score (nSPS) is 11.8. The summed E-state index contributed by atoms with van der Waals surface area (Å²) >= 11 is 1.50. The number of amides is 1. The Morgan fingerprint density at radius 2 is 2.03 bits per heavy atom. The Hall–Kier alpha value is -3.07. The van der Waals surface area contributed by atoms with Crippen LogP contribution in [0.2, 0.25) is 0 Å². The van der Waals surface area contributed by atoms with Crippen LogP contribution in [0, 0.1) is 0 Å². The lowest BCUT2D eigenvalue weighted by Gasteiger charge is -2.12. The average Bonchev–Trinajstić information content (AvgIpc) is 3.36. The van der Waals surface area contributed by atoms with Crippen LogP contribution < -0.4 is 5.32 Å². The van der Waals surface area contributed by atoms with Gasteiger partial charge in [0, 0.05) is 38.4 Å². The van der Waals surface area contributed by atoms with Gasteiger partial charge in [-0.15, -0.1) is 0 Å². The summed E-state index contributed by atoms with van der Waals surface area (Å²) in [7, 11) is 1.91. The van der Waals surface area contributed by atoms with E-state index in [1.54, 1.807) is 30.7 Å². The first-order valence-corrected chi connectivity index (χ1v) is 10.1. The fourth-order valence-electron chi connectivity index (χ4n) is 2.49. The quantitative estimate of drug-likeness (QED) is 0.424. The van der Waals surface area contributed by atoms with Crippen LogP contribution in [0.15, 0.2) is 58.6 Å². The Kier molecular flexibility index (Phi) is 7.07. The highest BCUT2D eigenvalue weighted by molar-refractivity contribution is 7.98. The van der Waals surface area contributed by atoms with E-state index in [0.717, 1.165) is 10.7 Å². The van der Waals surface area contributed by atoms with E-state index in [-0.39, 0.29) is 11.7 Å². The number of aromatic nitrogens is 3. The van der Waals surface area contributed by atoms with Gasteiger partial charge < -0.3 is 19.0 Å². The smallest absolute Gasteiger partial charge is 0.375 e. The van der Waals surface area contributed by atoms with E-state index in [2.05, 4.69) is 15.3 Å². The molecule has 9 heteroatoms. The number of furan rings is 1. The number of nitrogens with one attached hydrogen (secondary N) is 1. The fraction of sp³-hybridized carbons (Fsp3) is 0.300. The zero-order chi connectivity index (χ0) is 20.6. The van der Waals surface area contributed by atoms with Crippen molar-refractivity contribution in [1.82, 2.24) is 19.9 Å². The van der Waals surface area contributed by atoms with Gasteiger partial charge in [-0.05, 0) is 43.2 Å². The molecule has 1 amide bonds. The predicted octanol–water partition coefficient (Wildman–Crippen LogP) is 2.60. The second-order valence-electron chi connectivity index (χ2n) is 6.32. The van der Waals surface area contributed by atoms with E-state index < -0.39 is 12.1 Å². The first-order valence-electron chi connectivity index (χ1n) is 9.09. The first kappa shape index (κ1) is 20.7. The molecule has 0 spiro atoms. The number of ether oxygens (including phenoxy) is 1. The van der Waals surface area contributed by atoms with Gasteiger partial charge >= 0.3 is 5.97 Å². The molecule has 0 fully saturated rings. The molecule has 0 unspecified atom stereocenters. The molecule has 3 heterocycles. The summed E-state index contributed by atoms with van der Waals surface area (Å²) < 4.78 is 12.6. The number of imidazole rings is 1. The number of esters is 1. The average molecular weight is 414 g/mol. The van der Waals surface area contributed by atoms with Crippen LogP contribution in [0.4, 0.5) is 0 Å². The maximum absolute atomic E-state index is 12.2. The van der Waals surface area contributed by atoms with Crippen molar-refractivity contribution in [1.29, 1.82) is 0 Å². The van der Waals surface area contributed by atoms with Crippen molar-refractivity contribution in [2.24, 2.45) is 7.05 Å². The molecule has 29 heavy (non-hydrogen) atoms. The first-order chi connectivity index (χ1) is 14.0. The number of rotatable bonds is 9. The Bertz CT molecular complexity index is 954. The minimum absolute atomic E-state index is 0.0666. The zero-order valence-electron chi connectivity index (χ0n) is 16.2. The maximum Gasteiger partial charge on any atom is 0.375 e. The van der Waals surface area contributed by atoms with Crippen molar-refractivity contribution < 1.29 is 18.7 Å². The second kappa shape index (κ2) is 9.92. The summed E-state index contributed by atoms with van der Waals surface area (Å²) in [6.45, 7) is 1.97. The standard InChI is InChI=1S/C20H22N4O4S/c1-14(18(25)22-10-7-15-5-8-21-9-6-15)27-19(26)17-4-3-16(28-17)13-29-20-23-11-12-24(20)2/h3-6,8-9,11-12,14H,7,10,13H2,1-2H3,(H,22,25)/t14-/m1/s1. The molecular formula is C20H22N4O4S. The van der Waals surface area contributed by atoms with Crippen LogP contribution in [0.1, 0.15) is 28.8 Å². The zero-order valence-corrected chi connectivity index (χ0v) is 17.0. The summed E-state index contributed by atoms with van der Waals surface area (Å²) in [6, 6.07) is 7.03. The number of carbonyl (C=O) groups excluding carboxylic acids is 2. The molecule has 0 saturated heterocycles. The van der Waals surface area contributed by atoms with Gasteiger partial charge in [0.25, 0.3) is 5.91 Å². The van der Waals surface area contributed by atoms with E-state index in [9.17, 15) is 9.59 Å². The maximum atomic E-state index is 12.2. The van der Waals surface area contributed by atoms with Gasteiger partial charge in [0.15, 0.2) is 11.3 Å². The highest BCUT2D eigenvalue weighted by Gasteiger charge is 2.21. The highest BCUT2D eigenvalue weighted by atomic mass is 32.2. The molecule has 1 atom stereocenters. The molecule has 0 aromatic carbocycles. The van der Waals surface area contributed by atoms with Crippen LogP contribution in [0.3, 0.4) is 0 Å². The Labute approximate surface area is 172 Å². The summed E-state index contributed by atoms with van der Waals surface area (Å²) in [4.78, 5) is 32.5. The van der Waals surface area contributed by atoms with E-state index in [1.165, 1.54) is 18.7 Å². The Morgan fingerprint density at radius 1 is 1.24 bits per heavy atom. The van der Waals surface area contributed by atoms with Gasteiger partial charge in [-0.1, -0.05) is 11.8 Å². The van der Waals surface area contributed by atoms with Crippen molar-refractivity contribution in [3.05, 3.63) is 66.1 Å². The van der Waals surface area contributed by atoms with Crippen LogP contribution >= 0.6 is 11.8 Å².